The van der Waals surface area contributed by atoms with Gasteiger partial charge in [-0.05, 0) is 42.5 Å². The lowest BCUT2D eigenvalue weighted by Crippen LogP contribution is -2.36. The first-order valence-corrected chi connectivity index (χ1v) is 9.69. The maximum Gasteiger partial charge on any atom is 0.248 e. The normalized spacial score (nSPS) is 14.4. The van der Waals surface area contributed by atoms with E-state index in [0.29, 0.717) is 29.7 Å². The Kier molecular flexibility index (Phi) is 6.77. The van der Waals surface area contributed by atoms with Crippen molar-refractivity contribution in [2.75, 3.05) is 43.6 Å². The lowest BCUT2D eigenvalue weighted by molar-refractivity contribution is -0.111. The summed E-state index contributed by atoms with van der Waals surface area (Å²) in [5.74, 6) is 0.451. The van der Waals surface area contributed by atoms with Crippen molar-refractivity contribution in [2.24, 2.45) is 0 Å². The lowest BCUT2D eigenvalue weighted by atomic mass is 10.2. The standard InChI is InChI=1S/C20H20BrClN2O3/c1-26-19-6-3-15(21)12-14(19)2-7-20(25)23-16-4-5-18(17(22)13-16)24-8-10-27-11-9-24/h2-7,12-13H,8-11H2,1H3,(H,23,25). The van der Waals surface area contributed by atoms with Gasteiger partial charge in [0.15, 0.2) is 0 Å². The third-order valence-corrected chi connectivity index (χ3v) is 4.97. The van der Waals surface area contributed by atoms with Gasteiger partial charge < -0.3 is 19.7 Å². The molecule has 2 aromatic carbocycles. The van der Waals surface area contributed by atoms with Gasteiger partial charge in [0.1, 0.15) is 5.75 Å². The largest absolute Gasteiger partial charge is 0.496 e. The van der Waals surface area contributed by atoms with Gasteiger partial charge in [-0.1, -0.05) is 27.5 Å². The van der Waals surface area contributed by atoms with E-state index in [1.807, 2.05) is 30.3 Å². The molecule has 0 bridgehead atoms. The summed E-state index contributed by atoms with van der Waals surface area (Å²) < 4.78 is 11.6. The number of methoxy groups -OCH3 is 1. The van der Waals surface area contributed by atoms with Crippen LogP contribution in [-0.4, -0.2) is 39.3 Å². The number of hydrogen-bond donors (Lipinski definition) is 1. The minimum Gasteiger partial charge on any atom is -0.496 e. The number of amides is 1. The van der Waals surface area contributed by atoms with Crippen LogP contribution >= 0.6 is 27.5 Å². The summed E-state index contributed by atoms with van der Waals surface area (Å²) in [6, 6.07) is 11.1. The SMILES string of the molecule is COc1ccc(Br)cc1C=CC(=O)Nc1ccc(N2CCOCC2)c(Cl)c1. The number of carbonyl (C=O) groups excluding carboxylic acids is 1. The first-order valence-electron chi connectivity index (χ1n) is 8.51. The molecule has 142 valence electrons. The zero-order valence-electron chi connectivity index (χ0n) is 14.9. The minimum atomic E-state index is -0.243. The van der Waals surface area contributed by atoms with Crippen molar-refractivity contribution in [1.29, 1.82) is 0 Å². The Labute approximate surface area is 172 Å². The topological polar surface area (TPSA) is 50.8 Å². The maximum absolute atomic E-state index is 12.2. The fourth-order valence-corrected chi connectivity index (χ4v) is 3.51. The molecule has 1 amide bonds. The van der Waals surface area contributed by atoms with Crippen LogP contribution in [0.1, 0.15) is 5.56 Å². The van der Waals surface area contributed by atoms with E-state index in [1.54, 1.807) is 19.3 Å². The summed E-state index contributed by atoms with van der Waals surface area (Å²) in [6.45, 7) is 3.00. The van der Waals surface area contributed by atoms with Crippen LogP contribution in [0.25, 0.3) is 6.08 Å². The van der Waals surface area contributed by atoms with Crippen LogP contribution in [0.2, 0.25) is 5.02 Å². The molecule has 1 heterocycles. The molecule has 0 saturated carbocycles. The highest BCUT2D eigenvalue weighted by Gasteiger charge is 2.14. The van der Waals surface area contributed by atoms with Gasteiger partial charge in [0.05, 0.1) is 31.0 Å². The second kappa shape index (κ2) is 9.26. The fraction of sp³-hybridized carbons (Fsp3) is 0.250. The van der Waals surface area contributed by atoms with Crippen molar-refractivity contribution in [3.05, 3.63) is 57.5 Å². The summed E-state index contributed by atoms with van der Waals surface area (Å²) >= 11 is 9.82. The molecule has 0 aromatic heterocycles. The number of hydrogen-bond acceptors (Lipinski definition) is 4. The smallest absolute Gasteiger partial charge is 0.248 e. The zero-order chi connectivity index (χ0) is 19.2. The highest BCUT2D eigenvalue weighted by atomic mass is 79.9. The van der Waals surface area contributed by atoms with Crippen molar-refractivity contribution < 1.29 is 14.3 Å². The molecule has 1 aliphatic heterocycles. The van der Waals surface area contributed by atoms with Gasteiger partial charge in [-0.3, -0.25) is 4.79 Å². The number of halogens is 2. The molecule has 0 aliphatic carbocycles. The molecule has 0 spiro atoms. The van der Waals surface area contributed by atoms with E-state index in [2.05, 4.69) is 26.1 Å². The van der Waals surface area contributed by atoms with Crippen LogP contribution in [0.5, 0.6) is 5.75 Å². The molecule has 1 aliphatic rings. The van der Waals surface area contributed by atoms with Crippen LogP contribution in [0.4, 0.5) is 11.4 Å². The third kappa shape index (κ3) is 5.25. The zero-order valence-corrected chi connectivity index (χ0v) is 17.2. The van der Waals surface area contributed by atoms with E-state index < -0.39 is 0 Å². The molecule has 5 nitrogen and oxygen atoms in total. The molecule has 0 radical (unpaired) electrons. The third-order valence-electron chi connectivity index (χ3n) is 4.17. The number of nitrogens with one attached hydrogen (secondary N) is 1. The predicted octanol–water partition coefficient (Wildman–Crippen LogP) is 4.60. The molecule has 27 heavy (non-hydrogen) atoms. The summed E-state index contributed by atoms with van der Waals surface area (Å²) in [4.78, 5) is 14.4. The minimum absolute atomic E-state index is 0.243. The van der Waals surface area contributed by atoms with Gasteiger partial charge in [0.25, 0.3) is 0 Å². The van der Waals surface area contributed by atoms with E-state index in [-0.39, 0.29) is 5.91 Å². The molecular weight excluding hydrogens is 432 g/mol. The van der Waals surface area contributed by atoms with Gasteiger partial charge in [0, 0.05) is 34.9 Å². The quantitative estimate of drug-likeness (QED) is 0.675. The summed E-state index contributed by atoms with van der Waals surface area (Å²) in [7, 11) is 1.60. The van der Waals surface area contributed by atoms with Gasteiger partial charge >= 0.3 is 0 Å². The maximum atomic E-state index is 12.2. The molecule has 3 rings (SSSR count). The van der Waals surface area contributed by atoms with E-state index in [1.165, 1.54) is 6.08 Å². The van der Waals surface area contributed by atoms with Crippen molar-refractivity contribution >= 4 is 50.9 Å². The summed E-state index contributed by atoms with van der Waals surface area (Å²) in [5, 5.41) is 3.43. The number of carbonyl (C=O) groups is 1. The fourth-order valence-electron chi connectivity index (χ4n) is 2.83. The van der Waals surface area contributed by atoms with Gasteiger partial charge in [-0.15, -0.1) is 0 Å². The van der Waals surface area contributed by atoms with Gasteiger partial charge in [-0.25, -0.2) is 0 Å². The second-order valence-electron chi connectivity index (χ2n) is 5.97. The molecule has 0 atom stereocenters. The second-order valence-corrected chi connectivity index (χ2v) is 7.30. The van der Waals surface area contributed by atoms with Gasteiger partial charge in [0.2, 0.25) is 5.91 Å². The predicted molar refractivity (Wildman–Crippen MR) is 113 cm³/mol. The number of anilines is 2. The van der Waals surface area contributed by atoms with E-state index in [0.717, 1.165) is 28.8 Å². The molecule has 1 N–H and O–H groups in total. The summed E-state index contributed by atoms with van der Waals surface area (Å²) in [5.41, 5.74) is 2.41. The average Bonchev–Trinajstić information content (AvgIpc) is 2.67. The first kappa shape index (κ1) is 19.7. The van der Waals surface area contributed by atoms with Crippen molar-refractivity contribution in [3.8, 4) is 5.75 Å². The number of benzene rings is 2. The van der Waals surface area contributed by atoms with Crippen LogP contribution in [0.3, 0.4) is 0 Å². The van der Waals surface area contributed by atoms with E-state index >= 15 is 0 Å². The molecule has 7 heteroatoms. The molecule has 0 unspecified atom stereocenters. The van der Waals surface area contributed by atoms with E-state index in [4.69, 9.17) is 21.1 Å². The number of nitrogens with zero attached hydrogens (tertiary/aromatic N) is 1. The Morgan fingerprint density at radius 3 is 2.74 bits per heavy atom. The Hall–Kier alpha value is -2.02. The highest BCUT2D eigenvalue weighted by molar-refractivity contribution is 9.10. The van der Waals surface area contributed by atoms with Crippen molar-refractivity contribution in [2.45, 2.75) is 0 Å². The Balaban J connectivity index is 1.67. The highest BCUT2D eigenvalue weighted by Crippen LogP contribution is 2.29. The Morgan fingerprint density at radius 1 is 1.26 bits per heavy atom. The van der Waals surface area contributed by atoms with Gasteiger partial charge in [-0.2, -0.15) is 0 Å². The molecule has 2 aromatic rings. The first-order chi connectivity index (χ1) is 13.1. The molecule has 1 saturated heterocycles. The van der Waals surface area contributed by atoms with E-state index in [9.17, 15) is 4.79 Å². The number of rotatable bonds is 5. The van der Waals surface area contributed by atoms with Crippen LogP contribution in [0, 0.1) is 0 Å². The molecule has 1 fully saturated rings. The van der Waals surface area contributed by atoms with Crippen molar-refractivity contribution in [1.82, 2.24) is 0 Å². The van der Waals surface area contributed by atoms with Crippen LogP contribution in [0.15, 0.2) is 46.9 Å². The summed E-state index contributed by atoms with van der Waals surface area (Å²) in [6.07, 6.45) is 3.18. The van der Waals surface area contributed by atoms with Crippen LogP contribution < -0.4 is 15.0 Å². The Morgan fingerprint density at radius 2 is 2.04 bits per heavy atom. The van der Waals surface area contributed by atoms with Crippen molar-refractivity contribution in [3.63, 3.8) is 0 Å². The monoisotopic (exact) mass is 450 g/mol. The lowest BCUT2D eigenvalue weighted by Gasteiger charge is -2.29. The number of ether oxygens (including phenoxy) is 2. The number of morpholine rings is 1. The average molecular weight is 452 g/mol. The Bertz CT molecular complexity index is 851. The molecular formula is C20H20BrClN2O3. The van der Waals surface area contributed by atoms with Crippen LogP contribution in [-0.2, 0) is 9.53 Å².